The normalized spacial score (nSPS) is 20.6. The number of hydrogen-bond acceptors (Lipinski definition) is 6. The molecule has 0 bridgehead atoms. The van der Waals surface area contributed by atoms with Crippen LogP contribution >= 0.6 is 11.6 Å². The van der Waals surface area contributed by atoms with Gasteiger partial charge in [0.25, 0.3) is 0 Å². The lowest BCUT2D eigenvalue weighted by Crippen LogP contribution is -2.48. The first kappa shape index (κ1) is 12.5. The zero-order valence-electron chi connectivity index (χ0n) is 9.21. The number of aliphatic hydroxyl groups excluding tert-OH is 2. The molecule has 1 aromatic rings. The van der Waals surface area contributed by atoms with Gasteiger partial charge in [0.1, 0.15) is 17.3 Å². The third-order valence-electron chi connectivity index (χ3n) is 2.74. The van der Waals surface area contributed by atoms with Gasteiger partial charge < -0.3 is 19.8 Å². The fourth-order valence-corrected chi connectivity index (χ4v) is 2.04. The summed E-state index contributed by atoms with van der Waals surface area (Å²) in [6, 6.07) is -0.167. The SMILES string of the molecule is OCc1c(Cl)ncnc1N1CCOCC1CO. The second-order valence-corrected chi connectivity index (χ2v) is 4.09. The molecule has 2 rings (SSSR count). The topological polar surface area (TPSA) is 78.7 Å². The Labute approximate surface area is 104 Å². The Morgan fingerprint density at radius 2 is 2.29 bits per heavy atom. The molecule has 2 heterocycles. The number of aromatic nitrogens is 2. The summed E-state index contributed by atoms with van der Waals surface area (Å²) in [6.07, 6.45) is 1.35. The lowest BCUT2D eigenvalue weighted by Gasteiger charge is -2.36. The van der Waals surface area contributed by atoms with E-state index in [0.29, 0.717) is 31.1 Å². The van der Waals surface area contributed by atoms with Gasteiger partial charge in [-0.15, -0.1) is 0 Å². The second-order valence-electron chi connectivity index (χ2n) is 3.73. The molecule has 1 aromatic heterocycles. The van der Waals surface area contributed by atoms with E-state index >= 15 is 0 Å². The Balaban J connectivity index is 2.34. The van der Waals surface area contributed by atoms with Crippen LogP contribution in [0.2, 0.25) is 5.15 Å². The molecule has 1 aliphatic rings. The van der Waals surface area contributed by atoms with Crippen LogP contribution in [0.5, 0.6) is 0 Å². The Kier molecular flexibility index (Phi) is 4.11. The average Bonchev–Trinajstić information content (AvgIpc) is 2.38. The van der Waals surface area contributed by atoms with Crippen LogP contribution in [-0.2, 0) is 11.3 Å². The van der Waals surface area contributed by atoms with Gasteiger partial charge >= 0.3 is 0 Å². The molecule has 94 valence electrons. The van der Waals surface area contributed by atoms with E-state index < -0.39 is 0 Å². The largest absolute Gasteiger partial charge is 0.394 e. The van der Waals surface area contributed by atoms with Gasteiger partial charge in [-0.2, -0.15) is 0 Å². The molecule has 0 saturated carbocycles. The number of rotatable bonds is 3. The lowest BCUT2D eigenvalue weighted by atomic mass is 10.2. The molecule has 0 amide bonds. The quantitative estimate of drug-likeness (QED) is 0.734. The van der Waals surface area contributed by atoms with Crippen LogP contribution in [0.3, 0.4) is 0 Å². The van der Waals surface area contributed by atoms with Gasteiger partial charge in [0, 0.05) is 6.54 Å². The van der Waals surface area contributed by atoms with Gasteiger partial charge in [-0.1, -0.05) is 11.6 Å². The van der Waals surface area contributed by atoms with Crippen molar-refractivity contribution in [2.45, 2.75) is 12.6 Å². The summed E-state index contributed by atoms with van der Waals surface area (Å²) < 4.78 is 5.29. The molecule has 0 spiro atoms. The van der Waals surface area contributed by atoms with Crippen molar-refractivity contribution in [1.29, 1.82) is 0 Å². The molecule has 1 unspecified atom stereocenters. The first-order chi connectivity index (χ1) is 8.27. The van der Waals surface area contributed by atoms with Crippen molar-refractivity contribution in [2.24, 2.45) is 0 Å². The molecule has 1 fully saturated rings. The predicted octanol–water partition coefficient (Wildman–Crippen LogP) is -0.180. The molecule has 17 heavy (non-hydrogen) atoms. The summed E-state index contributed by atoms with van der Waals surface area (Å²) in [7, 11) is 0. The van der Waals surface area contributed by atoms with Crippen molar-refractivity contribution >= 4 is 17.4 Å². The van der Waals surface area contributed by atoms with E-state index in [1.807, 2.05) is 4.90 Å². The van der Waals surface area contributed by atoms with Crippen molar-refractivity contribution in [3.05, 3.63) is 17.0 Å². The average molecular weight is 260 g/mol. The van der Waals surface area contributed by atoms with E-state index in [-0.39, 0.29) is 24.4 Å². The number of morpholine rings is 1. The van der Waals surface area contributed by atoms with Gasteiger partial charge in [0.2, 0.25) is 0 Å². The summed E-state index contributed by atoms with van der Waals surface area (Å²) in [5, 5.41) is 18.8. The highest BCUT2D eigenvalue weighted by atomic mass is 35.5. The molecular formula is C10H14ClN3O3. The minimum atomic E-state index is -0.232. The maximum absolute atomic E-state index is 9.30. The van der Waals surface area contributed by atoms with Crippen molar-refractivity contribution in [1.82, 2.24) is 9.97 Å². The van der Waals surface area contributed by atoms with Gasteiger partial charge in [-0.3, -0.25) is 0 Å². The molecule has 1 saturated heterocycles. The van der Waals surface area contributed by atoms with Crippen molar-refractivity contribution in [2.75, 3.05) is 31.3 Å². The Morgan fingerprint density at radius 3 is 3.00 bits per heavy atom. The molecule has 0 aromatic carbocycles. The van der Waals surface area contributed by atoms with Crippen molar-refractivity contribution < 1.29 is 14.9 Å². The molecule has 1 atom stereocenters. The van der Waals surface area contributed by atoms with Crippen LogP contribution < -0.4 is 4.90 Å². The van der Waals surface area contributed by atoms with E-state index in [1.165, 1.54) is 6.33 Å². The number of halogens is 1. The minimum Gasteiger partial charge on any atom is -0.394 e. The highest BCUT2D eigenvalue weighted by Crippen LogP contribution is 2.25. The smallest absolute Gasteiger partial charge is 0.140 e. The Hall–Kier alpha value is -0.950. The van der Waals surface area contributed by atoms with Crippen molar-refractivity contribution in [3.63, 3.8) is 0 Å². The van der Waals surface area contributed by atoms with E-state index in [9.17, 15) is 10.2 Å². The standard InChI is InChI=1S/C10H14ClN3O3/c11-9-8(4-16)10(13-6-12-9)14-1-2-17-5-7(14)3-15/h6-7,15-16H,1-5H2. The lowest BCUT2D eigenvalue weighted by molar-refractivity contribution is 0.0720. The molecule has 1 aliphatic heterocycles. The molecule has 2 N–H and O–H groups in total. The van der Waals surface area contributed by atoms with Crippen LogP contribution in [0.15, 0.2) is 6.33 Å². The Morgan fingerprint density at radius 1 is 1.47 bits per heavy atom. The summed E-state index contributed by atoms with van der Waals surface area (Å²) in [5.74, 6) is 0.565. The number of ether oxygens (including phenoxy) is 1. The fraction of sp³-hybridized carbons (Fsp3) is 0.600. The monoisotopic (exact) mass is 259 g/mol. The summed E-state index contributed by atoms with van der Waals surface area (Å²) in [4.78, 5) is 9.86. The number of aliphatic hydroxyl groups is 2. The zero-order valence-corrected chi connectivity index (χ0v) is 9.97. The van der Waals surface area contributed by atoms with Crippen LogP contribution in [0.25, 0.3) is 0 Å². The summed E-state index contributed by atoms with van der Waals surface area (Å²) >= 11 is 5.91. The van der Waals surface area contributed by atoms with Crippen LogP contribution in [-0.4, -0.2) is 52.6 Å². The van der Waals surface area contributed by atoms with Crippen LogP contribution in [0.1, 0.15) is 5.56 Å². The van der Waals surface area contributed by atoms with E-state index in [4.69, 9.17) is 16.3 Å². The third-order valence-corrected chi connectivity index (χ3v) is 3.06. The molecular weight excluding hydrogens is 246 g/mol. The fourth-order valence-electron chi connectivity index (χ4n) is 1.85. The van der Waals surface area contributed by atoms with Gasteiger partial charge in [-0.05, 0) is 0 Å². The zero-order chi connectivity index (χ0) is 12.3. The van der Waals surface area contributed by atoms with Crippen molar-refractivity contribution in [3.8, 4) is 0 Å². The second kappa shape index (κ2) is 5.59. The molecule has 0 aliphatic carbocycles. The maximum atomic E-state index is 9.30. The number of anilines is 1. The van der Waals surface area contributed by atoms with E-state index in [0.717, 1.165) is 0 Å². The molecule has 6 nitrogen and oxygen atoms in total. The highest BCUT2D eigenvalue weighted by Gasteiger charge is 2.26. The minimum absolute atomic E-state index is 0.0352. The van der Waals surface area contributed by atoms with E-state index in [2.05, 4.69) is 9.97 Å². The third kappa shape index (κ3) is 2.50. The number of hydrogen-bond donors (Lipinski definition) is 2. The number of nitrogens with zero attached hydrogens (tertiary/aromatic N) is 3. The van der Waals surface area contributed by atoms with Gasteiger partial charge in [-0.25, -0.2) is 9.97 Å². The van der Waals surface area contributed by atoms with Gasteiger partial charge in [0.05, 0.1) is 38.0 Å². The predicted molar refractivity (Wildman–Crippen MR) is 62.0 cm³/mol. The van der Waals surface area contributed by atoms with E-state index in [1.54, 1.807) is 0 Å². The summed E-state index contributed by atoms with van der Waals surface area (Å²) in [5.41, 5.74) is 0.481. The Bertz CT molecular complexity index is 391. The maximum Gasteiger partial charge on any atom is 0.140 e. The highest BCUT2D eigenvalue weighted by molar-refractivity contribution is 6.30. The first-order valence-corrected chi connectivity index (χ1v) is 5.71. The van der Waals surface area contributed by atoms with Crippen LogP contribution in [0, 0.1) is 0 Å². The summed E-state index contributed by atoms with van der Waals surface area (Å²) in [6.45, 7) is 1.33. The first-order valence-electron chi connectivity index (χ1n) is 5.33. The molecule has 7 heteroatoms. The molecule has 0 radical (unpaired) electrons. The van der Waals surface area contributed by atoms with Crippen LogP contribution in [0.4, 0.5) is 5.82 Å². The van der Waals surface area contributed by atoms with Gasteiger partial charge in [0.15, 0.2) is 0 Å².